The van der Waals surface area contributed by atoms with Gasteiger partial charge in [0.25, 0.3) is 11.8 Å². The third-order valence-corrected chi connectivity index (χ3v) is 6.94. The fourth-order valence-electron chi connectivity index (χ4n) is 4.88. The molecule has 4 aromatic rings. The Balaban J connectivity index is 1.24. The summed E-state index contributed by atoms with van der Waals surface area (Å²) in [7, 11) is 0. The number of rotatable bonds is 6. The average Bonchev–Trinajstić information content (AvgIpc) is 3.73. The molecule has 1 N–H and O–H groups in total. The molecule has 9 nitrogen and oxygen atoms in total. The fourth-order valence-corrected chi connectivity index (χ4v) is 4.88. The normalized spacial score (nSPS) is 21.5. The summed E-state index contributed by atoms with van der Waals surface area (Å²) in [6.45, 7) is 1.20. The lowest BCUT2D eigenvalue weighted by molar-refractivity contribution is -0.140. The van der Waals surface area contributed by atoms with Gasteiger partial charge in [-0.2, -0.15) is 5.10 Å². The first kappa shape index (κ1) is 23.5. The summed E-state index contributed by atoms with van der Waals surface area (Å²) in [6, 6.07) is 19.4. The standard InChI is InChI=1S/C29H24N4O5/c1-29(21-11-10-19-6-2-3-7-20(19)16-21)27(35)32(28(36)30-29)18-26(34)33-24(25-9-5-15-38-25)17-22(31-33)12-13-23-8-4-14-37-23/h2-16,24H,17-18H2,1H3,(H,30,36)/b13-12-/t24-,29+/m0/s1. The second-order valence-electron chi connectivity index (χ2n) is 9.42. The smallest absolute Gasteiger partial charge is 0.325 e. The van der Waals surface area contributed by atoms with Crippen LogP contribution in [0.15, 0.2) is 99.3 Å². The maximum atomic E-state index is 13.5. The molecule has 0 saturated carbocycles. The molecule has 0 unspecified atom stereocenters. The van der Waals surface area contributed by atoms with Crippen molar-refractivity contribution >= 4 is 40.4 Å². The molecule has 4 amide bonds. The van der Waals surface area contributed by atoms with Crippen LogP contribution in [0.25, 0.3) is 16.8 Å². The summed E-state index contributed by atoms with van der Waals surface area (Å²) < 4.78 is 10.9. The third kappa shape index (κ3) is 4.07. The molecule has 2 aromatic heterocycles. The van der Waals surface area contributed by atoms with E-state index in [1.54, 1.807) is 43.5 Å². The summed E-state index contributed by atoms with van der Waals surface area (Å²) in [5, 5.41) is 10.5. The number of hydrazone groups is 1. The lowest BCUT2D eigenvalue weighted by Gasteiger charge is -2.24. The lowest BCUT2D eigenvalue weighted by atomic mass is 9.90. The Kier molecular flexibility index (Phi) is 5.68. The van der Waals surface area contributed by atoms with Crippen LogP contribution in [0.5, 0.6) is 0 Å². The van der Waals surface area contributed by atoms with Crippen LogP contribution >= 0.6 is 0 Å². The van der Waals surface area contributed by atoms with Crippen molar-refractivity contribution in [1.29, 1.82) is 0 Å². The summed E-state index contributed by atoms with van der Waals surface area (Å²) in [6.07, 6.45) is 7.04. The Morgan fingerprint density at radius 3 is 2.58 bits per heavy atom. The molecule has 0 radical (unpaired) electrons. The van der Waals surface area contributed by atoms with Crippen molar-refractivity contribution in [3.63, 3.8) is 0 Å². The second-order valence-corrected chi connectivity index (χ2v) is 9.42. The molecule has 38 heavy (non-hydrogen) atoms. The van der Waals surface area contributed by atoms with Gasteiger partial charge in [0.05, 0.1) is 18.2 Å². The Labute approximate surface area is 218 Å². The quantitative estimate of drug-likeness (QED) is 0.375. The number of nitrogens with one attached hydrogen (secondary N) is 1. The zero-order chi connectivity index (χ0) is 26.3. The van der Waals surface area contributed by atoms with Crippen LogP contribution in [0.4, 0.5) is 4.79 Å². The van der Waals surface area contributed by atoms with Crippen molar-refractivity contribution in [2.24, 2.45) is 5.10 Å². The first-order valence-electron chi connectivity index (χ1n) is 12.2. The molecule has 2 atom stereocenters. The summed E-state index contributed by atoms with van der Waals surface area (Å²) >= 11 is 0. The van der Waals surface area contributed by atoms with Gasteiger partial charge >= 0.3 is 6.03 Å². The molecule has 1 saturated heterocycles. The number of carbonyl (C=O) groups excluding carboxylic acids is 3. The monoisotopic (exact) mass is 508 g/mol. The van der Waals surface area contributed by atoms with E-state index in [4.69, 9.17) is 8.83 Å². The van der Waals surface area contributed by atoms with Gasteiger partial charge in [-0.3, -0.25) is 14.5 Å². The number of urea groups is 1. The third-order valence-electron chi connectivity index (χ3n) is 6.94. The molecule has 9 heteroatoms. The van der Waals surface area contributed by atoms with Crippen LogP contribution in [0, 0.1) is 0 Å². The highest BCUT2D eigenvalue weighted by atomic mass is 16.3. The number of amides is 4. The highest BCUT2D eigenvalue weighted by Crippen LogP contribution is 2.34. The van der Waals surface area contributed by atoms with Crippen molar-refractivity contribution < 1.29 is 23.2 Å². The van der Waals surface area contributed by atoms with Crippen molar-refractivity contribution in [3.8, 4) is 0 Å². The summed E-state index contributed by atoms with van der Waals surface area (Å²) in [5.41, 5.74) is -0.0237. The fraction of sp³-hybridized carbons (Fsp3) is 0.172. The highest BCUT2D eigenvalue weighted by molar-refractivity contribution is 6.10. The zero-order valence-electron chi connectivity index (χ0n) is 20.5. The van der Waals surface area contributed by atoms with Crippen LogP contribution < -0.4 is 5.32 Å². The number of nitrogens with zero attached hydrogens (tertiary/aromatic N) is 3. The Morgan fingerprint density at radius 1 is 1.03 bits per heavy atom. The number of allylic oxidation sites excluding steroid dienone is 1. The van der Waals surface area contributed by atoms with Gasteiger partial charge in [0.15, 0.2) is 0 Å². The molecule has 4 heterocycles. The molecule has 0 spiro atoms. The highest BCUT2D eigenvalue weighted by Gasteiger charge is 2.50. The van der Waals surface area contributed by atoms with Crippen LogP contribution in [-0.2, 0) is 15.1 Å². The summed E-state index contributed by atoms with van der Waals surface area (Å²) in [5.74, 6) is 0.210. The summed E-state index contributed by atoms with van der Waals surface area (Å²) in [4.78, 5) is 40.9. The molecule has 1 fully saturated rings. The molecule has 0 bridgehead atoms. The number of hydrogen-bond acceptors (Lipinski definition) is 6. The number of hydrogen-bond donors (Lipinski definition) is 1. The van der Waals surface area contributed by atoms with Gasteiger partial charge in [-0.1, -0.05) is 36.4 Å². The van der Waals surface area contributed by atoms with Gasteiger partial charge in [0.2, 0.25) is 0 Å². The molecule has 2 aromatic carbocycles. The van der Waals surface area contributed by atoms with Crippen molar-refractivity contribution in [3.05, 3.63) is 102 Å². The van der Waals surface area contributed by atoms with E-state index in [-0.39, 0.29) is 0 Å². The van der Waals surface area contributed by atoms with Gasteiger partial charge in [-0.05, 0) is 65.7 Å². The van der Waals surface area contributed by atoms with Gasteiger partial charge in [0, 0.05) is 6.42 Å². The predicted molar refractivity (Wildman–Crippen MR) is 140 cm³/mol. The predicted octanol–water partition coefficient (Wildman–Crippen LogP) is 4.84. The maximum Gasteiger partial charge on any atom is 0.325 e. The SMILES string of the molecule is C[C@]1(c2ccc3ccccc3c2)NC(=O)N(CC(=O)N2N=C(/C=C\c3ccco3)C[C@H]2c2ccco2)C1=O. The van der Waals surface area contributed by atoms with Gasteiger partial charge in [-0.25, -0.2) is 9.80 Å². The molecular weight excluding hydrogens is 484 g/mol. The van der Waals surface area contributed by atoms with Crippen LogP contribution in [0.2, 0.25) is 0 Å². The van der Waals surface area contributed by atoms with Crippen LogP contribution in [-0.4, -0.2) is 40.0 Å². The number of furan rings is 2. The molecule has 0 aliphatic carbocycles. The minimum atomic E-state index is -1.30. The van der Waals surface area contributed by atoms with Gasteiger partial charge in [-0.15, -0.1) is 0 Å². The van der Waals surface area contributed by atoms with Crippen LogP contribution in [0.3, 0.4) is 0 Å². The Morgan fingerprint density at radius 2 is 1.82 bits per heavy atom. The number of fused-ring (bicyclic) bond motifs is 1. The Hall–Kier alpha value is -4.92. The molecular formula is C29H24N4O5. The topological polar surface area (TPSA) is 108 Å². The van der Waals surface area contributed by atoms with Crippen molar-refractivity contribution in [1.82, 2.24) is 15.2 Å². The number of benzene rings is 2. The first-order valence-corrected chi connectivity index (χ1v) is 12.2. The molecule has 2 aliphatic rings. The van der Waals surface area contributed by atoms with Gasteiger partial charge in [0.1, 0.15) is 29.6 Å². The molecule has 2 aliphatic heterocycles. The van der Waals surface area contributed by atoms with E-state index in [1.807, 2.05) is 48.5 Å². The average molecular weight is 509 g/mol. The zero-order valence-corrected chi connectivity index (χ0v) is 20.5. The largest absolute Gasteiger partial charge is 0.467 e. The minimum Gasteiger partial charge on any atom is -0.467 e. The molecule has 190 valence electrons. The van der Waals surface area contributed by atoms with Crippen molar-refractivity contribution in [2.75, 3.05) is 6.54 Å². The maximum absolute atomic E-state index is 13.5. The number of imide groups is 1. The van der Waals surface area contributed by atoms with Gasteiger partial charge < -0.3 is 14.2 Å². The van der Waals surface area contributed by atoms with E-state index < -0.39 is 36.0 Å². The van der Waals surface area contributed by atoms with Crippen LogP contribution in [0.1, 0.15) is 36.5 Å². The van der Waals surface area contributed by atoms with E-state index in [9.17, 15) is 14.4 Å². The lowest BCUT2D eigenvalue weighted by Crippen LogP contribution is -2.43. The first-order chi connectivity index (χ1) is 18.4. The van der Waals surface area contributed by atoms with E-state index in [1.165, 1.54) is 11.3 Å². The van der Waals surface area contributed by atoms with E-state index >= 15 is 0 Å². The van der Waals surface area contributed by atoms with E-state index in [0.717, 1.165) is 15.7 Å². The minimum absolute atomic E-state index is 0.408. The Bertz CT molecular complexity index is 1590. The van der Waals surface area contributed by atoms with E-state index in [2.05, 4.69) is 10.4 Å². The molecule has 6 rings (SSSR count). The second kappa shape index (κ2) is 9.19. The van der Waals surface area contributed by atoms with E-state index in [0.29, 0.717) is 29.2 Å². The number of carbonyl (C=O) groups is 3. The van der Waals surface area contributed by atoms with Crippen molar-refractivity contribution in [2.45, 2.75) is 24.9 Å².